The number of benzene rings is 3. The number of phenolic OH excluding ortho intramolecular Hbond substituents is 2. The number of phenols is 2. The molecule has 3 aromatic rings. The van der Waals surface area contributed by atoms with Gasteiger partial charge in [-0.25, -0.2) is 0 Å². The standard InChI is InChI=1S/C26H44N2O3.C25H36O/c1-8-22(29)27-15-11-9-10-12-16-28-23(30)14-13-19-17-20(25(2,3)4)24(31)21(18-19)26(5,6)7;1-15-11-20(17(3)23(26)16(15)2)12-19-13-21(24(5,6)7)18(4)22(14-19)25(8,9)10/h17-18,31H,8-16H2,1-7H3,(H,27,29)(H,28,30);11,13-14,26H,12H2,1-10H3. The highest BCUT2D eigenvalue weighted by atomic mass is 16.3. The molecule has 0 aliphatic rings. The molecule has 0 spiro atoms. The van der Waals surface area contributed by atoms with Gasteiger partial charge in [0.25, 0.3) is 0 Å². The molecule has 318 valence electrons. The van der Waals surface area contributed by atoms with Crippen LogP contribution in [0.3, 0.4) is 0 Å². The predicted octanol–water partition coefficient (Wildman–Crippen LogP) is 11.9. The summed E-state index contributed by atoms with van der Waals surface area (Å²) in [5, 5.41) is 27.2. The fourth-order valence-electron chi connectivity index (χ4n) is 7.45. The summed E-state index contributed by atoms with van der Waals surface area (Å²) >= 11 is 0. The largest absolute Gasteiger partial charge is 0.507 e. The van der Waals surface area contributed by atoms with Gasteiger partial charge in [0.05, 0.1) is 0 Å². The van der Waals surface area contributed by atoms with Crippen LogP contribution in [-0.4, -0.2) is 35.1 Å². The average molecular weight is 785 g/mol. The molecule has 0 atom stereocenters. The summed E-state index contributed by atoms with van der Waals surface area (Å²) in [5.41, 5.74) is 12.8. The molecule has 0 saturated heterocycles. The lowest BCUT2D eigenvalue weighted by molar-refractivity contribution is -0.121. The van der Waals surface area contributed by atoms with Gasteiger partial charge in [0.15, 0.2) is 0 Å². The van der Waals surface area contributed by atoms with Crippen LogP contribution < -0.4 is 10.6 Å². The van der Waals surface area contributed by atoms with Gasteiger partial charge in [-0.3, -0.25) is 9.59 Å². The minimum Gasteiger partial charge on any atom is -0.507 e. The van der Waals surface area contributed by atoms with E-state index in [0.717, 1.165) is 72.0 Å². The molecule has 3 aromatic carbocycles. The molecule has 0 bridgehead atoms. The SMILES string of the molecule is CCC(=O)NCCCCCCNC(=O)CCc1cc(C(C)(C)C)c(O)c(C(C)(C)C)c1.Cc1cc(Cc2cc(C(C)(C)C)c(C)c(C(C)(C)C)c2)c(C)c(O)c1C. The first-order valence-electron chi connectivity index (χ1n) is 21.4. The zero-order chi connectivity index (χ0) is 43.7. The molecule has 3 rings (SSSR count). The van der Waals surface area contributed by atoms with Gasteiger partial charge in [-0.2, -0.15) is 0 Å². The van der Waals surface area contributed by atoms with Gasteiger partial charge in [0.2, 0.25) is 11.8 Å². The third kappa shape index (κ3) is 14.8. The van der Waals surface area contributed by atoms with E-state index in [4.69, 9.17) is 0 Å². The number of amides is 2. The number of rotatable bonds is 13. The number of nitrogens with one attached hydrogen (secondary N) is 2. The fraction of sp³-hybridized carbons (Fsp3) is 0.608. The van der Waals surface area contributed by atoms with E-state index in [0.29, 0.717) is 37.3 Å². The monoisotopic (exact) mass is 785 g/mol. The lowest BCUT2D eigenvalue weighted by Gasteiger charge is -2.30. The number of unbranched alkanes of at least 4 members (excludes halogenated alkanes) is 3. The van der Waals surface area contributed by atoms with Crippen molar-refractivity contribution in [2.45, 2.75) is 191 Å². The van der Waals surface area contributed by atoms with Gasteiger partial charge in [-0.1, -0.05) is 133 Å². The average Bonchev–Trinajstić information content (AvgIpc) is 3.09. The lowest BCUT2D eigenvalue weighted by Crippen LogP contribution is -2.25. The van der Waals surface area contributed by atoms with Crippen molar-refractivity contribution in [3.05, 3.63) is 91.5 Å². The summed E-state index contributed by atoms with van der Waals surface area (Å²) in [4.78, 5) is 23.4. The maximum absolute atomic E-state index is 12.3. The van der Waals surface area contributed by atoms with Crippen LogP contribution in [0.25, 0.3) is 0 Å². The molecule has 6 nitrogen and oxygen atoms in total. The van der Waals surface area contributed by atoms with Crippen LogP contribution in [0.2, 0.25) is 0 Å². The predicted molar refractivity (Wildman–Crippen MR) is 242 cm³/mol. The van der Waals surface area contributed by atoms with Gasteiger partial charge in [-0.05, 0) is 136 Å². The quantitative estimate of drug-likeness (QED) is 0.130. The molecule has 57 heavy (non-hydrogen) atoms. The number of carbonyl (C=O) groups is 2. The Labute approximate surface area is 348 Å². The number of aryl methyl sites for hydroxylation is 2. The van der Waals surface area contributed by atoms with Gasteiger partial charge in [0, 0.05) is 25.9 Å². The van der Waals surface area contributed by atoms with Gasteiger partial charge >= 0.3 is 0 Å². The number of hydrogen-bond acceptors (Lipinski definition) is 4. The lowest BCUT2D eigenvalue weighted by atomic mass is 9.75. The molecule has 0 fully saturated rings. The molecule has 6 heteroatoms. The maximum Gasteiger partial charge on any atom is 0.220 e. The summed E-state index contributed by atoms with van der Waals surface area (Å²) in [6, 6.07) is 11.1. The first-order chi connectivity index (χ1) is 26.1. The van der Waals surface area contributed by atoms with E-state index < -0.39 is 0 Å². The molecule has 0 saturated carbocycles. The van der Waals surface area contributed by atoms with Crippen molar-refractivity contribution in [1.29, 1.82) is 0 Å². The van der Waals surface area contributed by atoms with E-state index in [2.05, 4.69) is 138 Å². The van der Waals surface area contributed by atoms with Crippen molar-refractivity contribution in [2.75, 3.05) is 13.1 Å². The van der Waals surface area contributed by atoms with Crippen LogP contribution in [0.4, 0.5) is 0 Å². The molecular formula is C51H80N2O4. The number of aromatic hydroxyl groups is 2. The summed E-state index contributed by atoms with van der Waals surface area (Å²) in [7, 11) is 0. The van der Waals surface area contributed by atoms with Crippen molar-refractivity contribution in [1.82, 2.24) is 10.6 Å². The second kappa shape index (κ2) is 20.3. The molecular weight excluding hydrogens is 705 g/mol. The van der Waals surface area contributed by atoms with Crippen molar-refractivity contribution in [3.8, 4) is 11.5 Å². The first kappa shape index (κ1) is 49.3. The van der Waals surface area contributed by atoms with Crippen molar-refractivity contribution in [3.63, 3.8) is 0 Å². The molecule has 0 aliphatic heterocycles. The Morgan fingerprint density at radius 3 is 1.37 bits per heavy atom. The van der Waals surface area contributed by atoms with Crippen LogP contribution in [0.15, 0.2) is 30.3 Å². The van der Waals surface area contributed by atoms with E-state index in [1.54, 1.807) is 0 Å². The Morgan fingerprint density at radius 1 is 0.526 bits per heavy atom. The maximum atomic E-state index is 12.3. The molecule has 2 amide bonds. The number of carbonyl (C=O) groups excluding carboxylic acids is 2. The van der Waals surface area contributed by atoms with E-state index in [1.165, 1.54) is 27.8 Å². The van der Waals surface area contributed by atoms with Crippen LogP contribution in [0, 0.1) is 27.7 Å². The smallest absolute Gasteiger partial charge is 0.220 e. The Bertz CT molecular complexity index is 1750. The van der Waals surface area contributed by atoms with Crippen molar-refractivity contribution < 1.29 is 19.8 Å². The van der Waals surface area contributed by atoms with Crippen LogP contribution >= 0.6 is 0 Å². The highest BCUT2D eigenvalue weighted by Crippen LogP contribution is 2.40. The normalized spacial score (nSPS) is 12.2. The molecule has 0 unspecified atom stereocenters. The van der Waals surface area contributed by atoms with E-state index in [9.17, 15) is 19.8 Å². The Hall–Kier alpha value is -3.80. The molecule has 0 heterocycles. The van der Waals surface area contributed by atoms with E-state index in [-0.39, 0.29) is 33.5 Å². The Kier molecular flexibility index (Phi) is 17.5. The highest BCUT2D eigenvalue weighted by molar-refractivity contribution is 5.76. The Morgan fingerprint density at radius 2 is 0.947 bits per heavy atom. The topological polar surface area (TPSA) is 98.7 Å². The third-order valence-electron chi connectivity index (χ3n) is 11.1. The highest BCUT2D eigenvalue weighted by Gasteiger charge is 2.27. The zero-order valence-corrected chi connectivity index (χ0v) is 39.2. The van der Waals surface area contributed by atoms with Gasteiger partial charge < -0.3 is 20.8 Å². The summed E-state index contributed by atoms with van der Waals surface area (Å²) < 4.78 is 0. The van der Waals surface area contributed by atoms with Crippen LogP contribution in [0.5, 0.6) is 11.5 Å². The van der Waals surface area contributed by atoms with Crippen LogP contribution in [0.1, 0.15) is 190 Å². The fourth-order valence-corrected chi connectivity index (χ4v) is 7.45. The summed E-state index contributed by atoms with van der Waals surface area (Å²) in [5.74, 6) is 0.990. The molecule has 0 aliphatic carbocycles. The van der Waals surface area contributed by atoms with Gasteiger partial charge in [-0.15, -0.1) is 0 Å². The van der Waals surface area contributed by atoms with E-state index >= 15 is 0 Å². The second-order valence-electron chi connectivity index (χ2n) is 20.5. The minimum absolute atomic E-state index is 0.0675. The van der Waals surface area contributed by atoms with Crippen LogP contribution in [-0.2, 0) is 44.1 Å². The zero-order valence-electron chi connectivity index (χ0n) is 39.2. The van der Waals surface area contributed by atoms with Gasteiger partial charge in [0.1, 0.15) is 11.5 Å². The minimum atomic E-state index is -0.165. The summed E-state index contributed by atoms with van der Waals surface area (Å²) in [6.45, 7) is 38.0. The molecule has 0 radical (unpaired) electrons. The van der Waals surface area contributed by atoms with Crippen molar-refractivity contribution in [2.24, 2.45) is 0 Å². The second-order valence-corrected chi connectivity index (χ2v) is 20.5. The number of hydrogen-bond donors (Lipinski definition) is 4. The molecule has 0 aromatic heterocycles. The summed E-state index contributed by atoms with van der Waals surface area (Å²) in [6.07, 6.45) is 6.53. The third-order valence-corrected chi connectivity index (χ3v) is 11.1. The first-order valence-corrected chi connectivity index (χ1v) is 21.4. The molecule has 4 N–H and O–H groups in total. The Balaban J connectivity index is 0.000000399. The van der Waals surface area contributed by atoms with Crippen molar-refractivity contribution >= 4 is 11.8 Å². The van der Waals surface area contributed by atoms with E-state index in [1.807, 2.05) is 20.8 Å².